The first kappa shape index (κ1) is 16.1. The summed E-state index contributed by atoms with van der Waals surface area (Å²) in [5.41, 5.74) is 8.16. The summed E-state index contributed by atoms with van der Waals surface area (Å²) in [6, 6.07) is 13.4. The quantitative estimate of drug-likeness (QED) is 0.935. The average molecular weight is 316 g/mol. The van der Waals surface area contributed by atoms with Crippen molar-refractivity contribution in [2.75, 3.05) is 19.6 Å². The van der Waals surface area contributed by atoms with Gasteiger partial charge in [-0.3, -0.25) is 0 Å². The van der Waals surface area contributed by atoms with Crippen LogP contribution in [0.15, 0.2) is 48.5 Å². The van der Waals surface area contributed by atoms with Crippen LogP contribution in [-0.2, 0) is 0 Å². The molecule has 1 saturated heterocycles. The highest BCUT2D eigenvalue weighted by atomic mass is 19.1. The monoisotopic (exact) mass is 316 g/mol. The molecule has 0 aromatic heterocycles. The Morgan fingerprint density at radius 1 is 0.957 bits per heavy atom. The van der Waals surface area contributed by atoms with Crippen LogP contribution in [-0.4, -0.2) is 30.6 Å². The maximum Gasteiger partial charge on any atom is 0.123 e. The van der Waals surface area contributed by atoms with E-state index in [-0.39, 0.29) is 23.6 Å². The number of halogens is 2. The van der Waals surface area contributed by atoms with Gasteiger partial charge in [-0.2, -0.15) is 0 Å². The molecule has 0 saturated carbocycles. The van der Waals surface area contributed by atoms with Crippen LogP contribution in [0.1, 0.15) is 29.9 Å². The van der Waals surface area contributed by atoms with E-state index in [1.807, 2.05) is 24.3 Å². The molecule has 0 spiro atoms. The molecule has 1 heterocycles. The number of nitrogens with two attached hydrogens (primary N) is 1. The Kier molecular flexibility index (Phi) is 5.03. The molecule has 2 aromatic carbocycles. The number of hydrogen-bond acceptors (Lipinski definition) is 2. The van der Waals surface area contributed by atoms with E-state index in [0.717, 1.165) is 43.6 Å². The maximum absolute atomic E-state index is 13.2. The third kappa shape index (κ3) is 4.15. The topological polar surface area (TPSA) is 29.3 Å². The molecule has 4 heteroatoms. The minimum Gasteiger partial charge on any atom is -0.327 e. The zero-order chi connectivity index (χ0) is 16.2. The SMILES string of the molecule is NC1CCCN(CC(c2ccc(F)cc2)c2ccc(F)cc2)C1. The van der Waals surface area contributed by atoms with Crippen LogP contribution in [0.2, 0.25) is 0 Å². The smallest absolute Gasteiger partial charge is 0.123 e. The van der Waals surface area contributed by atoms with E-state index < -0.39 is 0 Å². The zero-order valence-corrected chi connectivity index (χ0v) is 13.1. The van der Waals surface area contributed by atoms with Crippen molar-refractivity contribution in [1.82, 2.24) is 4.90 Å². The summed E-state index contributed by atoms with van der Waals surface area (Å²) < 4.78 is 26.5. The molecule has 2 aromatic rings. The van der Waals surface area contributed by atoms with Gasteiger partial charge in [0, 0.05) is 25.0 Å². The molecule has 23 heavy (non-hydrogen) atoms. The first-order valence-corrected chi connectivity index (χ1v) is 8.10. The van der Waals surface area contributed by atoms with Gasteiger partial charge < -0.3 is 10.6 Å². The fourth-order valence-corrected chi connectivity index (χ4v) is 3.31. The lowest BCUT2D eigenvalue weighted by Gasteiger charge is -2.34. The lowest BCUT2D eigenvalue weighted by Crippen LogP contribution is -2.44. The molecular formula is C19H22F2N2. The van der Waals surface area contributed by atoms with Crippen LogP contribution in [0.25, 0.3) is 0 Å². The normalized spacial score (nSPS) is 19.2. The van der Waals surface area contributed by atoms with Crippen LogP contribution in [0.5, 0.6) is 0 Å². The van der Waals surface area contributed by atoms with Gasteiger partial charge in [-0.1, -0.05) is 24.3 Å². The number of piperidine rings is 1. The number of benzene rings is 2. The van der Waals surface area contributed by atoms with Gasteiger partial charge in [-0.15, -0.1) is 0 Å². The second kappa shape index (κ2) is 7.20. The molecular weight excluding hydrogens is 294 g/mol. The fraction of sp³-hybridized carbons (Fsp3) is 0.368. The summed E-state index contributed by atoms with van der Waals surface area (Å²) in [4.78, 5) is 2.35. The van der Waals surface area contributed by atoms with Crippen molar-refractivity contribution in [1.29, 1.82) is 0 Å². The molecule has 2 nitrogen and oxygen atoms in total. The first-order chi connectivity index (χ1) is 11.1. The molecule has 3 rings (SSSR count). The maximum atomic E-state index is 13.2. The summed E-state index contributed by atoms with van der Waals surface area (Å²) in [6.07, 6.45) is 2.16. The molecule has 0 amide bonds. The second-order valence-electron chi connectivity index (χ2n) is 6.32. The highest BCUT2D eigenvalue weighted by Crippen LogP contribution is 2.27. The van der Waals surface area contributed by atoms with Crippen LogP contribution in [0, 0.1) is 11.6 Å². The molecule has 0 radical (unpaired) electrons. The van der Waals surface area contributed by atoms with E-state index >= 15 is 0 Å². The molecule has 0 bridgehead atoms. The van der Waals surface area contributed by atoms with Crippen LogP contribution >= 0.6 is 0 Å². The van der Waals surface area contributed by atoms with Gasteiger partial charge in [0.05, 0.1) is 0 Å². The Morgan fingerprint density at radius 3 is 1.96 bits per heavy atom. The first-order valence-electron chi connectivity index (χ1n) is 8.10. The van der Waals surface area contributed by atoms with Crippen molar-refractivity contribution < 1.29 is 8.78 Å². The van der Waals surface area contributed by atoms with Crippen LogP contribution < -0.4 is 5.73 Å². The summed E-state index contributed by atoms with van der Waals surface area (Å²) >= 11 is 0. The molecule has 0 aliphatic carbocycles. The minimum atomic E-state index is -0.244. The van der Waals surface area contributed by atoms with E-state index in [1.54, 1.807) is 0 Å². The summed E-state index contributed by atoms with van der Waals surface area (Å²) in [5.74, 6) is -0.403. The van der Waals surface area contributed by atoms with Gasteiger partial charge in [-0.25, -0.2) is 8.78 Å². The van der Waals surface area contributed by atoms with Gasteiger partial charge in [0.2, 0.25) is 0 Å². The van der Waals surface area contributed by atoms with Crippen molar-refractivity contribution in [2.45, 2.75) is 24.8 Å². The Morgan fingerprint density at radius 2 is 1.48 bits per heavy atom. The lowest BCUT2D eigenvalue weighted by atomic mass is 9.90. The second-order valence-corrected chi connectivity index (χ2v) is 6.32. The van der Waals surface area contributed by atoms with Crippen molar-refractivity contribution in [3.05, 3.63) is 71.3 Å². The molecule has 1 aliphatic rings. The van der Waals surface area contributed by atoms with Crippen molar-refractivity contribution in [2.24, 2.45) is 5.73 Å². The predicted molar refractivity (Wildman–Crippen MR) is 88.3 cm³/mol. The molecule has 1 unspecified atom stereocenters. The highest BCUT2D eigenvalue weighted by Gasteiger charge is 2.22. The largest absolute Gasteiger partial charge is 0.327 e. The van der Waals surface area contributed by atoms with E-state index in [2.05, 4.69) is 4.90 Å². The Balaban J connectivity index is 1.86. The number of nitrogens with zero attached hydrogens (tertiary/aromatic N) is 1. The van der Waals surface area contributed by atoms with Gasteiger partial charge in [0.15, 0.2) is 0 Å². The molecule has 2 N–H and O–H groups in total. The number of hydrogen-bond donors (Lipinski definition) is 1. The van der Waals surface area contributed by atoms with Crippen LogP contribution in [0.4, 0.5) is 8.78 Å². The van der Waals surface area contributed by atoms with Crippen LogP contribution in [0.3, 0.4) is 0 Å². The molecule has 1 aliphatic heterocycles. The minimum absolute atomic E-state index is 0.0847. The van der Waals surface area contributed by atoms with Crippen molar-refractivity contribution in [3.8, 4) is 0 Å². The van der Waals surface area contributed by atoms with E-state index in [4.69, 9.17) is 5.73 Å². The van der Waals surface area contributed by atoms with Gasteiger partial charge >= 0.3 is 0 Å². The third-order valence-electron chi connectivity index (χ3n) is 4.53. The van der Waals surface area contributed by atoms with E-state index in [9.17, 15) is 8.78 Å². The Labute approximate surface area is 135 Å². The van der Waals surface area contributed by atoms with Gasteiger partial charge in [-0.05, 0) is 54.8 Å². The van der Waals surface area contributed by atoms with E-state index in [1.165, 1.54) is 24.3 Å². The average Bonchev–Trinajstić information content (AvgIpc) is 2.55. The molecule has 1 atom stereocenters. The zero-order valence-electron chi connectivity index (χ0n) is 13.1. The predicted octanol–water partition coefficient (Wildman–Crippen LogP) is 3.52. The van der Waals surface area contributed by atoms with E-state index in [0.29, 0.717) is 0 Å². The van der Waals surface area contributed by atoms with Gasteiger partial charge in [0.25, 0.3) is 0 Å². The summed E-state index contributed by atoms with van der Waals surface area (Å²) in [7, 11) is 0. The van der Waals surface area contributed by atoms with Gasteiger partial charge in [0.1, 0.15) is 11.6 Å². The number of likely N-dealkylation sites (tertiary alicyclic amines) is 1. The fourth-order valence-electron chi connectivity index (χ4n) is 3.31. The van der Waals surface area contributed by atoms with Crippen molar-refractivity contribution in [3.63, 3.8) is 0 Å². The summed E-state index contributed by atoms with van der Waals surface area (Å²) in [6.45, 7) is 2.70. The number of rotatable bonds is 4. The third-order valence-corrected chi connectivity index (χ3v) is 4.53. The molecule has 1 fully saturated rings. The standard InChI is InChI=1S/C19H22F2N2/c20-16-7-3-14(4-8-16)19(15-5-9-17(21)10-6-15)13-23-11-1-2-18(22)12-23/h3-10,18-19H,1-2,11-13,22H2. The highest BCUT2D eigenvalue weighted by molar-refractivity contribution is 5.33. The summed E-state index contributed by atoms with van der Waals surface area (Å²) in [5, 5.41) is 0. The lowest BCUT2D eigenvalue weighted by molar-refractivity contribution is 0.203. The Bertz CT molecular complexity index is 579. The van der Waals surface area contributed by atoms with Crippen molar-refractivity contribution >= 4 is 0 Å². The molecule has 122 valence electrons. The Hall–Kier alpha value is -1.78.